The quantitative estimate of drug-likeness (QED) is 0.450. The fraction of sp³-hybridized carbons (Fsp3) is 0.167. The summed E-state index contributed by atoms with van der Waals surface area (Å²) < 4.78 is 10.5. The molecular formula is C18H17ClO3. The fourth-order valence-corrected chi connectivity index (χ4v) is 2.32. The minimum Gasteiger partial charge on any atom is -0.497 e. The molecular weight excluding hydrogens is 300 g/mol. The van der Waals surface area contributed by atoms with Crippen molar-refractivity contribution >= 4 is 28.5 Å². The largest absolute Gasteiger partial charge is 0.497 e. The van der Waals surface area contributed by atoms with E-state index in [1.54, 1.807) is 19.2 Å². The van der Waals surface area contributed by atoms with Gasteiger partial charge < -0.3 is 9.47 Å². The Morgan fingerprint density at radius 3 is 2.05 bits per heavy atom. The van der Waals surface area contributed by atoms with E-state index >= 15 is 0 Å². The number of rotatable bonds is 6. The van der Waals surface area contributed by atoms with Crippen molar-refractivity contribution in [3.8, 4) is 11.5 Å². The van der Waals surface area contributed by atoms with E-state index in [1.165, 1.54) is 0 Å². The van der Waals surface area contributed by atoms with Crippen molar-refractivity contribution in [3.05, 3.63) is 59.7 Å². The zero-order chi connectivity index (χ0) is 15.9. The third-order valence-electron chi connectivity index (χ3n) is 3.17. The fourth-order valence-electron chi connectivity index (χ4n) is 2.04. The number of ether oxygens (including phenoxy) is 2. The van der Waals surface area contributed by atoms with E-state index in [-0.39, 0.29) is 0 Å². The second kappa shape index (κ2) is 7.66. The summed E-state index contributed by atoms with van der Waals surface area (Å²) in [7, 11) is 1.60. The number of hydrogen-bond donors (Lipinski definition) is 0. The summed E-state index contributed by atoms with van der Waals surface area (Å²) >= 11 is 6.38. The van der Waals surface area contributed by atoms with Crippen LogP contribution >= 0.6 is 11.6 Å². The van der Waals surface area contributed by atoms with E-state index in [2.05, 4.69) is 0 Å². The molecule has 3 nitrogen and oxygen atoms in total. The molecule has 114 valence electrons. The van der Waals surface area contributed by atoms with E-state index in [0.717, 1.165) is 28.9 Å². The number of carbonyl (C=O) groups is 1. The number of carbonyl (C=O) groups excluding carboxylic acids is 1. The Bertz CT molecular complexity index is 658. The molecule has 0 aliphatic rings. The van der Waals surface area contributed by atoms with Gasteiger partial charge in [-0.05, 0) is 54.4 Å². The van der Waals surface area contributed by atoms with Crippen LogP contribution in [0.3, 0.4) is 0 Å². The Labute approximate surface area is 135 Å². The van der Waals surface area contributed by atoms with Crippen molar-refractivity contribution in [3.63, 3.8) is 0 Å². The van der Waals surface area contributed by atoms with Crippen LogP contribution < -0.4 is 9.47 Å². The maximum atomic E-state index is 11.5. The molecule has 4 heteroatoms. The van der Waals surface area contributed by atoms with Gasteiger partial charge in [-0.25, -0.2) is 0 Å². The first-order valence-corrected chi connectivity index (χ1v) is 7.30. The van der Waals surface area contributed by atoms with Crippen LogP contribution in [0, 0.1) is 0 Å². The molecule has 0 aliphatic heterocycles. The Balaban J connectivity index is 2.36. The molecule has 0 spiro atoms. The SMILES string of the molecule is CCOc1ccc(/C(C=O)=C(\Cl)c2ccc(OC)cc2)cc1. The molecule has 0 saturated heterocycles. The van der Waals surface area contributed by atoms with Crippen molar-refractivity contribution in [2.75, 3.05) is 13.7 Å². The van der Waals surface area contributed by atoms with Gasteiger partial charge in [-0.2, -0.15) is 0 Å². The number of benzene rings is 2. The number of methoxy groups -OCH3 is 1. The van der Waals surface area contributed by atoms with Gasteiger partial charge in [-0.1, -0.05) is 23.7 Å². The van der Waals surface area contributed by atoms with Crippen LogP contribution in [0.1, 0.15) is 18.1 Å². The molecule has 0 amide bonds. The molecule has 0 bridgehead atoms. The highest BCUT2D eigenvalue weighted by molar-refractivity contribution is 6.55. The molecule has 0 saturated carbocycles. The zero-order valence-corrected chi connectivity index (χ0v) is 13.3. The van der Waals surface area contributed by atoms with Crippen LogP contribution in [-0.2, 0) is 4.79 Å². The van der Waals surface area contributed by atoms with Gasteiger partial charge in [0.1, 0.15) is 11.5 Å². The predicted octanol–water partition coefficient (Wildman–Crippen LogP) is 4.40. The smallest absolute Gasteiger partial charge is 0.152 e. The van der Waals surface area contributed by atoms with Gasteiger partial charge in [0.25, 0.3) is 0 Å². The Morgan fingerprint density at radius 2 is 1.55 bits per heavy atom. The van der Waals surface area contributed by atoms with Crippen molar-refractivity contribution in [1.82, 2.24) is 0 Å². The lowest BCUT2D eigenvalue weighted by atomic mass is 10.0. The molecule has 0 unspecified atom stereocenters. The van der Waals surface area contributed by atoms with Gasteiger partial charge >= 0.3 is 0 Å². The Kier molecular flexibility index (Phi) is 5.61. The standard InChI is InChI=1S/C18H17ClO3/c1-3-22-16-10-4-13(5-11-16)17(12-20)18(19)14-6-8-15(21-2)9-7-14/h4-12H,3H2,1-2H3/b18-17-. The average molecular weight is 317 g/mol. The van der Waals surface area contributed by atoms with Crippen LogP contribution in [0.4, 0.5) is 0 Å². The number of hydrogen-bond acceptors (Lipinski definition) is 3. The second-order valence-electron chi connectivity index (χ2n) is 4.53. The van der Waals surface area contributed by atoms with Crippen LogP contribution in [-0.4, -0.2) is 20.0 Å². The van der Waals surface area contributed by atoms with Crippen LogP contribution in [0.2, 0.25) is 0 Å². The van der Waals surface area contributed by atoms with E-state index in [0.29, 0.717) is 17.2 Å². The molecule has 0 radical (unpaired) electrons. The predicted molar refractivity (Wildman–Crippen MR) is 89.3 cm³/mol. The van der Waals surface area contributed by atoms with Gasteiger partial charge in [0.15, 0.2) is 6.29 Å². The second-order valence-corrected chi connectivity index (χ2v) is 4.91. The van der Waals surface area contributed by atoms with Gasteiger partial charge in [0.2, 0.25) is 0 Å². The highest BCUT2D eigenvalue weighted by Crippen LogP contribution is 2.30. The maximum Gasteiger partial charge on any atom is 0.152 e. The summed E-state index contributed by atoms with van der Waals surface area (Å²) in [4.78, 5) is 11.5. The van der Waals surface area contributed by atoms with Crippen molar-refractivity contribution < 1.29 is 14.3 Å². The highest BCUT2D eigenvalue weighted by atomic mass is 35.5. The summed E-state index contributed by atoms with van der Waals surface area (Å²) in [6.45, 7) is 2.52. The Hall–Kier alpha value is -2.26. The van der Waals surface area contributed by atoms with E-state index in [4.69, 9.17) is 21.1 Å². The van der Waals surface area contributed by atoms with Gasteiger partial charge in [-0.3, -0.25) is 4.79 Å². The molecule has 2 rings (SSSR count). The van der Waals surface area contributed by atoms with Crippen LogP contribution in [0.15, 0.2) is 48.5 Å². The maximum absolute atomic E-state index is 11.5. The molecule has 0 aliphatic carbocycles. The van der Waals surface area contributed by atoms with E-state index in [9.17, 15) is 4.79 Å². The lowest BCUT2D eigenvalue weighted by Crippen LogP contribution is -1.93. The lowest BCUT2D eigenvalue weighted by Gasteiger charge is -2.08. The molecule has 0 heterocycles. The normalized spacial score (nSPS) is 11.6. The number of allylic oxidation sites excluding steroid dienone is 1. The monoisotopic (exact) mass is 316 g/mol. The first kappa shape index (κ1) is 16.1. The molecule has 0 aromatic heterocycles. The summed E-state index contributed by atoms with van der Waals surface area (Å²) in [6.07, 6.45) is 0.766. The van der Waals surface area contributed by atoms with Gasteiger partial charge in [0.05, 0.1) is 18.7 Å². The molecule has 0 fully saturated rings. The summed E-state index contributed by atoms with van der Waals surface area (Å²) in [5, 5.41) is 0.404. The first-order chi connectivity index (χ1) is 10.7. The van der Waals surface area contributed by atoms with Crippen LogP contribution in [0.25, 0.3) is 10.6 Å². The van der Waals surface area contributed by atoms with Crippen molar-refractivity contribution in [2.24, 2.45) is 0 Å². The third-order valence-corrected chi connectivity index (χ3v) is 3.60. The molecule has 22 heavy (non-hydrogen) atoms. The molecule has 2 aromatic rings. The molecule has 0 N–H and O–H groups in total. The molecule has 2 aromatic carbocycles. The summed E-state index contributed by atoms with van der Waals surface area (Å²) in [5.74, 6) is 1.50. The van der Waals surface area contributed by atoms with Gasteiger partial charge in [0, 0.05) is 5.57 Å². The van der Waals surface area contributed by atoms with E-state index < -0.39 is 0 Å². The minimum absolute atomic E-state index is 0.404. The third kappa shape index (κ3) is 3.68. The Morgan fingerprint density at radius 1 is 1.00 bits per heavy atom. The van der Waals surface area contributed by atoms with Crippen molar-refractivity contribution in [1.29, 1.82) is 0 Å². The topological polar surface area (TPSA) is 35.5 Å². The average Bonchev–Trinajstić information content (AvgIpc) is 2.57. The summed E-state index contributed by atoms with van der Waals surface area (Å²) in [6, 6.07) is 14.5. The van der Waals surface area contributed by atoms with Crippen molar-refractivity contribution in [2.45, 2.75) is 6.92 Å². The zero-order valence-electron chi connectivity index (χ0n) is 12.5. The summed E-state index contributed by atoms with van der Waals surface area (Å²) in [5.41, 5.74) is 1.95. The minimum atomic E-state index is 0.404. The highest BCUT2D eigenvalue weighted by Gasteiger charge is 2.09. The molecule has 0 atom stereocenters. The first-order valence-electron chi connectivity index (χ1n) is 6.92. The number of halogens is 1. The van der Waals surface area contributed by atoms with Gasteiger partial charge in [-0.15, -0.1) is 0 Å². The van der Waals surface area contributed by atoms with Crippen LogP contribution in [0.5, 0.6) is 11.5 Å². The number of aldehydes is 1. The lowest BCUT2D eigenvalue weighted by molar-refractivity contribution is -0.103. The van der Waals surface area contributed by atoms with E-state index in [1.807, 2.05) is 43.3 Å².